The number of nitrogens with zero attached hydrogens (tertiary/aromatic N) is 1. The predicted molar refractivity (Wildman–Crippen MR) is 87.0 cm³/mol. The first kappa shape index (κ1) is 15.8. The molecule has 0 radical (unpaired) electrons. The van der Waals surface area contributed by atoms with Crippen LogP contribution < -0.4 is 11.1 Å². The Labute approximate surface area is 127 Å². The highest BCUT2D eigenvalue weighted by molar-refractivity contribution is 5.78. The molecule has 4 nitrogen and oxygen atoms in total. The van der Waals surface area contributed by atoms with Gasteiger partial charge in [0, 0.05) is 18.8 Å². The number of carbonyl (C=O) groups is 1. The Morgan fingerprint density at radius 3 is 2.57 bits per heavy atom. The molecule has 1 fully saturated rings. The first-order valence-corrected chi connectivity index (χ1v) is 7.97. The van der Waals surface area contributed by atoms with E-state index in [1.54, 1.807) is 0 Å². The van der Waals surface area contributed by atoms with Crippen LogP contribution in [0.1, 0.15) is 31.7 Å². The zero-order valence-electron chi connectivity index (χ0n) is 13.0. The third-order valence-corrected chi connectivity index (χ3v) is 4.01. The smallest absolute Gasteiger partial charge is 0.224 e. The number of benzene rings is 1. The minimum atomic E-state index is 0.0882. The van der Waals surface area contributed by atoms with Crippen molar-refractivity contribution in [3.05, 3.63) is 29.8 Å². The molecule has 1 amide bonds. The van der Waals surface area contributed by atoms with Crippen molar-refractivity contribution in [3.8, 4) is 0 Å². The fraction of sp³-hybridized carbons (Fsp3) is 0.588. The van der Waals surface area contributed by atoms with Crippen LogP contribution in [0.4, 0.5) is 5.69 Å². The van der Waals surface area contributed by atoms with Gasteiger partial charge in [-0.3, -0.25) is 4.79 Å². The first-order valence-electron chi connectivity index (χ1n) is 7.97. The van der Waals surface area contributed by atoms with E-state index in [0.29, 0.717) is 12.3 Å². The van der Waals surface area contributed by atoms with Gasteiger partial charge >= 0.3 is 0 Å². The molecule has 0 aliphatic carbocycles. The number of nitrogens with one attached hydrogen (secondary N) is 1. The van der Waals surface area contributed by atoms with Crippen LogP contribution in [0.2, 0.25) is 0 Å². The molecular formula is C17H27N3O. The maximum Gasteiger partial charge on any atom is 0.224 e. The SMILES string of the molecule is CC(CNC(=O)Cc1ccc(N)cc1)CN1CCCCC1. The lowest BCUT2D eigenvalue weighted by atomic mass is 10.1. The minimum Gasteiger partial charge on any atom is -0.399 e. The number of amides is 1. The molecule has 0 spiro atoms. The molecular weight excluding hydrogens is 262 g/mol. The topological polar surface area (TPSA) is 58.4 Å². The number of piperidine rings is 1. The monoisotopic (exact) mass is 289 g/mol. The predicted octanol–water partition coefficient (Wildman–Crippen LogP) is 2.05. The number of nitrogen functional groups attached to an aromatic ring is 1. The average molecular weight is 289 g/mol. The lowest BCUT2D eigenvalue weighted by molar-refractivity contribution is -0.120. The van der Waals surface area contributed by atoms with Crippen molar-refractivity contribution in [2.24, 2.45) is 5.92 Å². The van der Waals surface area contributed by atoms with Crippen LogP contribution in [0.5, 0.6) is 0 Å². The standard InChI is InChI=1S/C17H27N3O/c1-14(13-20-9-3-2-4-10-20)12-19-17(21)11-15-5-7-16(18)8-6-15/h5-8,14H,2-4,9-13,18H2,1H3,(H,19,21). The Hall–Kier alpha value is -1.55. The van der Waals surface area contributed by atoms with E-state index in [-0.39, 0.29) is 5.91 Å². The molecule has 21 heavy (non-hydrogen) atoms. The molecule has 1 unspecified atom stereocenters. The Bertz CT molecular complexity index is 438. The summed E-state index contributed by atoms with van der Waals surface area (Å²) in [7, 11) is 0. The van der Waals surface area contributed by atoms with Crippen LogP contribution in [-0.2, 0) is 11.2 Å². The van der Waals surface area contributed by atoms with Crippen molar-refractivity contribution >= 4 is 11.6 Å². The van der Waals surface area contributed by atoms with Gasteiger partial charge in [0.2, 0.25) is 5.91 Å². The Balaban J connectivity index is 1.66. The number of likely N-dealkylation sites (tertiary alicyclic amines) is 1. The summed E-state index contributed by atoms with van der Waals surface area (Å²) in [4.78, 5) is 14.5. The third-order valence-electron chi connectivity index (χ3n) is 4.01. The number of hydrogen-bond acceptors (Lipinski definition) is 3. The van der Waals surface area contributed by atoms with E-state index in [1.165, 1.54) is 32.4 Å². The summed E-state index contributed by atoms with van der Waals surface area (Å²) in [6.07, 6.45) is 4.42. The van der Waals surface area contributed by atoms with E-state index >= 15 is 0 Å². The van der Waals surface area contributed by atoms with Crippen LogP contribution in [-0.4, -0.2) is 37.0 Å². The lowest BCUT2D eigenvalue weighted by Gasteiger charge is -2.29. The number of hydrogen-bond donors (Lipinski definition) is 2. The van der Waals surface area contributed by atoms with E-state index in [4.69, 9.17) is 5.73 Å². The summed E-state index contributed by atoms with van der Waals surface area (Å²) in [5.41, 5.74) is 7.38. The highest BCUT2D eigenvalue weighted by atomic mass is 16.1. The molecule has 2 rings (SSSR count). The molecule has 4 heteroatoms. The maximum atomic E-state index is 11.9. The molecule has 1 aromatic rings. The number of anilines is 1. The number of rotatable bonds is 6. The number of nitrogens with two attached hydrogens (primary N) is 1. The average Bonchev–Trinajstić information content (AvgIpc) is 2.49. The Morgan fingerprint density at radius 2 is 1.90 bits per heavy atom. The quantitative estimate of drug-likeness (QED) is 0.788. The van der Waals surface area contributed by atoms with E-state index < -0.39 is 0 Å². The third kappa shape index (κ3) is 5.76. The van der Waals surface area contributed by atoms with Gasteiger partial charge in [-0.05, 0) is 49.5 Å². The zero-order chi connectivity index (χ0) is 15.1. The molecule has 116 valence electrons. The second kappa shape index (κ2) is 8.03. The van der Waals surface area contributed by atoms with Gasteiger partial charge in [0.05, 0.1) is 6.42 Å². The van der Waals surface area contributed by atoms with E-state index in [2.05, 4.69) is 17.1 Å². The largest absolute Gasteiger partial charge is 0.399 e. The molecule has 1 heterocycles. The highest BCUT2D eigenvalue weighted by Gasteiger charge is 2.14. The lowest BCUT2D eigenvalue weighted by Crippen LogP contribution is -2.38. The fourth-order valence-corrected chi connectivity index (χ4v) is 2.82. The molecule has 1 saturated heterocycles. The van der Waals surface area contributed by atoms with Crippen molar-refractivity contribution in [2.75, 3.05) is 31.9 Å². The molecule has 1 aromatic carbocycles. The van der Waals surface area contributed by atoms with Crippen molar-refractivity contribution in [1.29, 1.82) is 0 Å². The molecule has 0 saturated carbocycles. The summed E-state index contributed by atoms with van der Waals surface area (Å²) in [6.45, 7) is 6.47. The minimum absolute atomic E-state index is 0.0882. The van der Waals surface area contributed by atoms with Crippen molar-refractivity contribution in [1.82, 2.24) is 10.2 Å². The van der Waals surface area contributed by atoms with E-state index in [1.807, 2.05) is 24.3 Å². The first-order chi connectivity index (χ1) is 10.1. The molecule has 0 bridgehead atoms. The molecule has 1 aliphatic rings. The van der Waals surface area contributed by atoms with Crippen molar-refractivity contribution in [3.63, 3.8) is 0 Å². The molecule has 1 atom stereocenters. The zero-order valence-corrected chi connectivity index (χ0v) is 13.0. The summed E-state index contributed by atoms with van der Waals surface area (Å²) in [6, 6.07) is 7.49. The van der Waals surface area contributed by atoms with Gasteiger partial charge in [0.25, 0.3) is 0 Å². The number of carbonyl (C=O) groups excluding carboxylic acids is 1. The van der Waals surface area contributed by atoms with Crippen LogP contribution in [0.15, 0.2) is 24.3 Å². The van der Waals surface area contributed by atoms with Crippen molar-refractivity contribution in [2.45, 2.75) is 32.6 Å². The van der Waals surface area contributed by atoms with Gasteiger partial charge in [-0.15, -0.1) is 0 Å². The summed E-state index contributed by atoms with van der Waals surface area (Å²) >= 11 is 0. The molecule has 3 N–H and O–H groups in total. The van der Waals surface area contributed by atoms with Gasteiger partial charge in [-0.1, -0.05) is 25.5 Å². The Kier molecular flexibility index (Phi) is 6.05. The van der Waals surface area contributed by atoms with Gasteiger partial charge < -0.3 is 16.0 Å². The summed E-state index contributed by atoms with van der Waals surface area (Å²) < 4.78 is 0. The fourth-order valence-electron chi connectivity index (χ4n) is 2.82. The van der Waals surface area contributed by atoms with Crippen LogP contribution >= 0.6 is 0 Å². The van der Waals surface area contributed by atoms with Crippen LogP contribution in [0, 0.1) is 5.92 Å². The van der Waals surface area contributed by atoms with Gasteiger partial charge in [-0.25, -0.2) is 0 Å². The van der Waals surface area contributed by atoms with Gasteiger partial charge in [-0.2, -0.15) is 0 Å². The summed E-state index contributed by atoms with van der Waals surface area (Å²) in [5, 5.41) is 3.04. The van der Waals surface area contributed by atoms with Gasteiger partial charge in [0.15, 0.2) is 0 Å². The maximum absolute atomic E-state index is 11.9. The van der Waals surface area contributed by atoms with E-state index in [0.717, 1.165) is 24.3 Å². The summed E-state index contributed by atoms with van der Waals surface area (Å²) in [5.74, 6) is 0.587. The second-order valence-electron chi connectivity index (χ2n) is 6.19. The van der Waals surface area contributed by atoms with Gasteiger partial charge in [0.1, 0.15) is 0 Å². The Morgan fingerprint density at radius 1 is 1.24 bits per heavy atom. The highest BCUT2D eigenvalue weighted by Crippen LogP contribution is 2.10. The second-order valence-corrected chi connectivity index (χ2v) is 6.19. The van der Waals surface area contributed by atoms with Crippen LogP contribution in [0.3, 0.4) is 0 Å². The van der Waals surface area contributed by atoms with Crippen LogP contribution in [0.25, 0.3) is 0 Å². The molecule has 1 aliphatic heterocycles. The van der Waals surface area contributed by atoms with Crippen molar-refractivity contribution < 1.29 is 4.79 Å². The normalized spacial score (nSPS) is 17.4. The molecule has 0 aromatic heterocycles. The van der Waals surface area contributed by atoms with E-state index in [9.17, 15) is 4.79 Å².